The minimum Gasteiger partial charge on any atom is -0.213 e. The molecule has 1 aromatic heterocycles. The second kappa shape index (κ2) is 6.84. The molecule has 1 unspecified atom stereocenters. The van der Waals surface area contributed by atoms with Crippen LogP contribution in [0.15, 0.2) is 0 Å². The fourth-order valence-electron chi connectivity index (χ4n) is 5.11. The summed E-state index contributed by atoms with van der Waals surface area (Å²) in [5.41, 5.74) is 0.267. The molecule has 0 bridgehead atoms. The fraction of sp³-hybridized carbons (Fsp3) is 1.00. The van der Waals surface area contributed by atoms with Crippen LogP contribution < -0.4 is 0 Å². The first-order valence-corrected chi connectivity index (χ1v) is 9.19. The molecule has 0 spiro atoms. The zero-order valence-corrected chi connectivity index (χ0v) is 13.6. The number of H-pyrrole nitrogens is 4. The zero-order chi connectivity index (χ0) is 14.5. The van der Waals surface area contributed by atoms with E-state index in [2.05, 4.69) is 32.6 Å². The quantitative estimate of drug-likeness (QED) is 0.593. The van der Waals surface area contributed by atoms with Crippen LogP contribution in [0, 0.1) is 11.8 Å². The number of aromatic nitrogens is 5. The van der Waals surface area contributed by atoms with Crippen molar-refractivity contribution in [2.24, 2.45) is 11.8 Å². The van der Waals surface area contributed by atoms with E-state index in [4.69, 9.17) is 0 Å². The van der Waals surface area contributed by atoms with Crippen LogP contribution in [0.2, 0.25) is 0 Å². The second-order valence-electron chi connectivity index (χ2n) is 7.22. The van der Waals surface area contributed by atoms with Crippen molar-refractivity contribution in [1.29, 1.82) is 0 Å². The van der Waals surface area contributed by atoms with E-state index in [0.29, 0.717) is 0 Å². The van der Waals surface area contributed by atoms with E-state index in [-0.39, 0.29) is 5.54 Å². The number of hydrogen-bond acceptors (Lipinski definition) is 0. The molecule has 0 aromatic carbocycles. The Bertz CT molecular complexity index is 406. The molecule has 1 atom stereocenters. The van der Waals surface area contributed by atoms with Crippen molar-refractivity contribution in [2.75, 3.05) is 0 Å². The van der Waals surface area contributed by atoms with Gasteiger partial charge in [0.15, 0.2) is 0 Å². The molecule has 2 saturated carbocycles. The summed E-state index contributed by atoms with van der Waals surface area (Å²) < 4.78 is 0. The highest BCUT2D eigenvalue weighted by atomic mass is 15.7. The summed E-state index contributed by atoms with van der Waals surface area (Å²) in [5.74, 6) is 1.65. The SMILES string of the molecule is CCCCC(C1CCCCC1)(C1CCCC1)n1[nH][nH][nH][nH]1. The maximum absolute atomic E-state index is 3.34. The molecule has 122 valence electrons. The van der Waals surface area contributed by atoms with E-state index >= 15 is 0 Å². The Balaban J connectivity index is 1.95. The van der Waals surface area contributed by atoms with Crippen LogP contribution in [0.4, 0.5) is 0 Å². The van der Waals surface area contributed by atoms with E-state index in [0.717, 1.165) is 11.8 Å². The third-order valence-corrected chi connectivity index (χ3v) is 6.12. The van der Waals surface area contributed by atoms with Gasteiger partial charge in [0, 0.05) is 0 Å². The molecule has 5 nitrogen and oxygen atoms in total. The molecular formula is C16H33N5. The summed E-state index contributed by atoms with van der Waals surface area (Å²) in [6.07, 6.45) is 16.6. The van der Waals surface area contributed by atoms with Crippen LogP contribution in [0.25, 0.3) is 0 Å². The maximum Gasteiger partial charge on any atom is 0.0866 e. The molecule has 2 aliphatic carbocycles. The third-order valence-electron chi connectivity index (χ3n) is 6.12. The molecular weight excluding hydrogens is 262 g/mol. The lowest BCUT2D eigenvalue weighted by Gasteiger charge is -2.46. The predicted octanol–water partition coefficient (Wildman–Crippen LogP) is 4.58. The van der Waals surface area contributed by atoms with Crippen molar-refractivity contribution in [1.82, 2.24) is 25.7 Å². The van der Waals surface area contributed by atoms with Gasteiger partial charge in [0.2, 0.25) is 0 Å². The Labute approximate surface area is 127 Å². The van der Waals surface area contributed by atoms with Crippen molar-refractivity contribution in [2.45, 2.75) is 89.5 Å². The standard InChI is InChI=1S/C16H33N5/c1-2-3-13-16(15-11-7-8-12-15,21-19-17-18-20-21)14-9-5-4-6-10-14/h14-15,17-20H,2-13H2,1H3. The number of rotatable bonds is 6. The first kappa shape index (κ1) is 14.9. The summed E-state index contributed by atoms with van der Waals surface area (Å²) in [7, 11) is 0. The smallest absolute Gasteiger partial charge is 0.0866 e. The van der Waals surface area contributed by atoms with Crippen molar-refractivity contribution < 1.29 is 0 Å². The Kier molecular flexibility index (Phi) is 4.86. The van der Waals surface area contributed by atoms with Gasteiger partial charge in [-0.15, -0.1) is 0 Å². The second-order valence-corrected chi connectivity index (χ2v) is 7.22. The van der Waals surface area contributed by atoms with Crippen molar-refractivity contribution in [3.8, 4) is 0 Å². The molecule has 21 heavy (non-hydrogen) atoms. The topological polar surface area (TPSA) is 68.1 Å². The van der Waals surface area contributed by atoms with Crippen molar-refractivity contribution in [3.05, 3.63) is 0 Å². The molecule has 1 heterocycles. The number of nitrogens with zero attached hydrogens (tertiary/aromatic N) is 1. The highest BCUT2D eigenvalue weighted by molar-refractivity contribution is 4.97. The van der Waals surface area contributed by atoms with E-state index in [1.54, 1.807) is 0 Å². The lowest BCUT2D eigenvalue weighted by Crippen LogP contribution is -2.49. The summed E-state index contributed by atoms with van der Waals surface area (Å²) in [6.45, 7) is 2.32. The maximum atomic E-state index is 3.34. The molecule has 0 amide bonds. The van der Waals surface area contributed by atoms with Gasteiger partial charge in [0.1, 0.15) is 0 Å². The van der Waals surface area contributed by atoms with Crippen LogP contribution in [0.3, 0.4) is 0 Å². The highest BCUT2D eigenvalue weighted by Gasteiger charge is 2.48. The molecule has 5 heteroatoms. The molecule has 2 fully saturated rings. The van der Waals surface area contributed by atoms with Crippen LogP contribution in [0.1, 0.15) is 84.0 Å². The zero-order valence-electron chi connectivity index (χ0n) is 13.6. The van der Waals surface area contributed by atoms with Crippen molar-refractivity contribution in [3.63, 3.8) is 0 Å². The van der Waals surface area contributed by atoms with Gasteiger partial charge in [-0.1, -0.05) is 51.9 Å². The van der Waals surface area contributed by atoms with Crippen LogP contribution in [0.5, 0.6) is 0 Å². The number of nitrogens with one attached hydrogen (secondary N) is 4. The summed E-state index contributed by atoms with van der Waals surface area (Å²) >= 11 is 0. The fourth-order valence-corrected chi connectivity index (χ4v) is 5.11. The number of unbranched alkanes of at least 4 members (excludes halogenated alkanes) is 1. The normalized spacial score (nSPS) is 24.2. The lowest BCUT2D eigenvalue weighted by atomic mass is 9.65. The van der Waals surface area contributed by atoms with Gasteiger partial charge < -0.3 is 0 Å². The van der Waals surface area contributed by atoms with Gasteiger partial charge >= 0.3 is 0 Å². The first-order chi connectivity index (χ1) is 10.4. The molecule has 3 rings (SSSR count). The monoisotopic (exact) mass is 295 g/mol. The number of hydrogen-bond donors (Lipinski definition) is 4. The molecule has 1 aromatic rings. The Hall–Kier alpha value is -1.00. The summed E-state index contributed by atoms with van der Waals surface area (Å²) in [5, 5.41) is 12.7. The molecule has 2 aliphatic rings. The van der Waals surface area contributed by atoms with Crippen molar-refractivity contribution >= 4 is 0 Å². The molecule has 0 radical (unpaired) electrons. The lowest BCUT2D eigenvalue weighted by molar-refractivity contribution is 0.0162. The average molecular weight is 295 g/mol. The molecule has 0 saturated heterocycles. The van der Waals surface area contributed by atoms with E-state index in [1.165, 1.54) is 77.0 Å². The highest BCUT2D eigenvalue weighted by Crippen LogP contribution is 2.50. The van der Waals surface area contributed by atoms with E-state index in [9.17, 15) is 0 Å². The van der Waals surface area contributed by atoms with Gasteiger partial charge in [-0.2, -0.15) is 4.80 Å². The van der Waals surface area contributed by atoms with E-state index in [1.807, 2.05) is 0 Å². The summed E-state index contributed by atoms with van der Waals surface area (Å²) in [4.78, 5) is 2.30. The third kappa shape index (κ3) is 2.84. The average Bonchev–Trinajstić information content (AvgIpc) is 3.23. The van der Waals surface area contributed by atoms with Crippen LogP contribution in [-0.4, -0.2) is 25.7 Å². The van der Waals surface area contributed by atoms with E-state index < -0.39 is 0 Å². The minimum atomic E-state index is 0.267. The van der Waals surface area contributed by atoms with Gasteiger partial charge in [0.25, 0.3) is 0 Å². The molecule has 0 aliphatic heterocycles. The van der Waals surface area contributed by atoms with Gasteiger partial charge in [-0.3, -0.25) is 0 Å². The van der Waals surface area contributed by atoms with Crippen LogP contribution in [-0.2, 0) is 5.54 Å². The Morgan fingerprint density at radius 2 is 1.38 bits per heavy atom. The van der Waals surface area contributed by atoms with Gasteiger partial charge in [-0.05, 0) is 43.9 Å². The molecule has 4 N–H and O–H groups in total. The van der Waals surface area contributed by atoms with Gasteiger partial charge in [-0.25, -0.2) is 20.9 Å². The first-order valence-electron chi connectivity index (χ1n) is 9.19. The van der Waals surface area contributed by atoms with Crippen LogP contribution >= 0.6 is 0 Å². The minimum absolute atomic E-state index is 0.267. The number of aromatic amines is 4. The Morgan fingerprint density at radius 1 is 0.857 bits per heavy atom. The Morgan fingerprint density at radius 3 is 1.90 bits per heavy atom. The predicted molar refractivity (Wildman–Crippen MR) is 85.5 cm³/mol. The summed E-state index contributed by atoms with van der Waals surface area (Å²) in [6, 6.07) is 0. The van der Waals surface area contributed by atoms with Gasteiger partial charge in [0.05, 0.1) is 5.54 Å². The largest absolute Gasteiger partial charge is 0.213 e.